The largest absolute Gasteiger partial charge is 0.353 e. The Labute approximate surface area is 198 Å². The van der Waals surface area contributed by atoms with E-state index < -0.39 is 0 Å². The zero-order chi connectivity index (χ0) is 23.8. The Balaban J connectivity index is 0.000000728. The van der Waals surface area contributed by atoms with Gasteiger partial charge in [0.25, 0.3) is 0 Å². The fourth-order valence-electron chi connectivity index (χ4n) is 5.88. The molecule has 3 fully saturated rings. The summed E-state index contributed by atoms with van der Waals surface area (Å²) >= 11 is 0. The SMILES string of the molecule is CC.CC.O=C1C[C@@H]2C(/C=C/c3ccc(-c4cccc(F)c4)cn3)C3CCCCC3C[C@@H]2N1. The van der Waals surface area contributed by atoms with E-state index in [1.54, 1.807) is 6.07 Å². The average Bonchev–Trinajstić information content (AvgIpc) is 3.24. The number of halogens is 1. The van der Waals surface area contributed by atoms with Crippen LogP contribution in [0, 0.1) is 29.5 Å². The molecule has 1 aromatic carbocycles. The Morgan fingerprint density at radius 2 is 1.79 bits per heavy atom. The van der Waals surface area contributed by atoms with E-state index in [4.69, 9.17) is 0 Å². The standard InChI is InChI=1S/C25H27FN2O.2C2H6/c26-19-6-3-5-16(12-19)18-8-9-20(27-15-18)10-11-22-21-7-2-1-4-17(21)13-24-23(22)14-25(29)28-24;2*1-2/h3,5-6,8-12,15,17,21-24H,1-2,4,7,13-14H2,(H,28,29);2*1-2H3/b11-10+;;/t17?,21?,22?,23-,24+;;/m1../s1. The lowest BCUT2D eigenvalue weighted by Gasteiger charge is -2.46. The van der Waals surface area contributed by atoms with Crippen LogP contribution in [-0.2, 0) is 4.79 Å². The van der Waals surface area contributed by atoms with Crippen LogP contribution in [0.5, 0.6) is 0 Å². The molecule has 2 saturated carbocycles. The highest BCUT2D eigenvalue weighted by Crippen LogP contribution is 2.49. The molecule has 3 unspecified atom stereocenters. The first-order valence-electron chi connectivity index (χ1n) is 12.9. The lowest BCUT2D eigenvalue weighted by Crippen LogP contribution is -2.45. The van der Waals surface area contributed by atoms with Gasteiger partial charge in [0, 0.05) is 24.2 Å². The van der Waals surface area contributed by atoms with Gasteiger partial charge in [0.15, 0.2) is 0 Å². The fourth-order valence-corrected chi connectivity index (χ4v) is 5.88. The van der Waals surface area contributed by atoms with Gasteiger partial charge in [0.2, 0.25) is 5.91 Å². The number of carbonyl (C=O) groups is 1. The van der Waals surface area contributed by atoms with Crippen LogP contribution in [0.4, 0.5) is 4.39 Å². The molecule has 178 valence electrons. The van der Waals surface area contributed by atoms with Crippen LogP contribution in [0.15, 0.2) is 48.7 Å². The summed E-state index contributed by atoms with van der Waals surface area (Å²) in [6.45, 7) is 8.00. The van der Waals surface area contributed by atoms with E-state index in [2.05, 4.69) is 22.5 Å². The third-order valence-electron chi connectivity index (χ3n) is 7.23. The molecule has 1 amide bonds. The van der Waals surface area contributed by atoms with Crippen LogP contribution < -0.4 is 5.32 Å². The van der Waals surface area contributed by atoms with Crippen molar-refractivity contribution in [1.82, 2.24) is 10.3 Å². The first-order chi connectivity index (χ1) is 16.2. The van der Waals surface area contributed by atoms with Gasteiger partial charge in [-0.05, 0) is 66.4 Å². The van der Waals surface area contributed by atoms with Crippen molar-refractivity contribution in [2.75, 3.05) is 0 Å². The van der Waals surface area contributed by atoms with Crippen molar-refractivity contribution in [3.05, 3.63) is 60.2 Å². The highest BCUT2D eigenvalue weighted by atomic mass is 19.1. The molecule has 0 spiro atoms. The third-order valence-corrected chi connectivity index (χ3v) is 7.23. The number of benzene rings is 1. The van der Waals surface area contributed by atoms with Crippen LogP contribution in [0.1, 0.15) is 71.9 Å². The highest BCUT2D eigenvalue weighted by Gasteiger charge is 2.47. The van der Waals surface area contributed by atoms with E-state index in [0.29, 0.717) is 30.2 Å². The van der Waals surface area contributed by atoms with Gasteiger partial charge in [-0.25, -0.2) is 4.39 Å². The summed E-state index contributed by atoms with van der Waals surface area (Å²) < 4.78 is 13.5. The summed E-state index contributed by atoms with van der Waals surface area (Å²) in [5.41, 5.74) is 2.66. The van der Waals surface area contributed by atoms with Gasteiger partial charge in [-0.1, -0.05) is 71.2 Å². The van der Waals surface area contributed by atoms with Gasteiger partial charge >= 0.3 is 0 Å². The Morgan fingerprint density at radius 1 is 1.00 bits per heavy atom. The number of nitrogens with one attached hydrogen (secondary N) is 1. The monoisotopic (exact) mass is 450 g/mol. The van der Waals surface area contributed by atoms with E-state index in [9.17, 15) is 9.18 Å². The molecule has 3 nitrogen and oxygen atoms in total. The van der Waals surface area contributed by atoms with E-state index in [0.717, 1.165) is 29.2 Å². The molecule has 4 heteroatoms. The maximum Gasteiger partial charge on any atom is 0.220 e. The maximum atomic E-state index is 13.5. The van der Waals surface area contributed by atoms with Gasteiger partial charge < -0.3 is 5.32 Å². The summed E-state index contributed by atoms with van der Waals surface area (Å²) in [4.78, 5) is 16.6. The Kier molecular flexibility index (Phi) is 9.22. The molecule has 0 radical (unpaired) electrons. The van der Waals surface area contributed by atoms with Gasteiger partial charge in [0.05, 0.1) is 5.69 Å². The Morgan fingerprint density at radius 3 is 2.52 bits per heavy atom. The molecule has 1 N–H and O–H groups in total. The second-order valence-electron chi connectivity index (χ2n) is 8.90. The number of nitrogens with zero attached hydrogens (tertiary/aromatic N) is 1. The van der Waals surface area contributed by atoms with Gasteiger partial charge in [-0.3, -0.25) is 9.78 Å². The van der Waals surface area contributed by atoms with Crippen molar-refractivity contribution in [2.24, 2.45) is 23.7 Å². The normalized spacial score (nSPS) is 27.9. The van der Waals surface area contributed by atoms with Crippen LogP contribution in [-0.4, -0.2) is 16.9 Å². The van der Waals surface area contributed by atoms with E-state index in [-0.39, 0.29) is 11.7 Å². The first kappa shape index (κ1) is 25.1. The Bertz CT molecular complexity index is 923. The lowest BCUT2D eigenvalue weighted by molar-refractivity contribution is -0.119. The number of hydrogen-bond donors (Lipinski definition) is 1. The van der Waals surface area contributed by atoms with Gasteiger partial charge in [-0.2, -0.15) is 0 Å². The molecule has 2 aliphatic carbocycles. The van der Waals surface area contributed by atoms with Crippen LogP contribution >= 0.6 is 0 Å². The predicted molar refractivity (Wildman–Crippen MR) is 135 cm³/mol. The second kappa shape index (κ2) is 12.1. The molecule has 1 saturated heterocycles. The molecule has 2 aromatic rings. The molecule has 2 heterocycles. The fraction of sp³-hybridized carbons (Fsp3) is 0.517. The predicted octanol–water partition coefficient (Wildman–Crippen LogP) is 7.28. The molecule has 33 heavy (non-hydrogen) atoms. The maximum absolute atomic E-state index is 13.5. The van der Waals surface area contributed by atoms with Crippen molar-refractivity contribution < 1.29 is 9.18 Å². The summed E-state index contributed by atoms with van der Waals surface area (Å²) in [5, 5.41) is 3.23. The van der Waals surface area contributed by atoms with E-state index in [1.165, 1.54) is 37.8 Å². The molecular weight excluding hydrogens is 411 g/mol. The summed E-state index contributed by atoms with van der Waals surface area (Å²) in [6, 6.07) is 10.9. The Hall–Kier alpha value is -2.49. The number of rotatable bonds is 3. The number of aromatic nitrogens is 1. The number of allylic oxidation sites excluding steroid dienone is 1. The minimum atomic E-state index is -0.236. The topological polar surface area (TPSA) is 42.0 Å². The minimum Gasteiger partial charge on any atom is -0.353 e. The number of fused-ring (bicyclic) bond motifs is 2. The van der Waals surface area contributed by atoms with Crippen molar-refractivity contribution in [2.45, 2.75) is 72.3 Å². The smallest absolute Gasteiger partial charge is 0.220 e. The van der Waals surface area contributed by atoms with Crippen LogP contribution in [0.2, 0.25) is 0 Å². The lowest BCUT2D eigenvalue weighted by atomic mass is 9.60. The number of hydrogen-bond acceptors (Lipinski definition) is 2. The van der Waals surface area contributed by atoms with E-state index >= 15 is 0 Å². The molecule has 5 atom stereocenters. The first-order valence-corrected chi connectivity index (χ1v) is 12.9. The summed E-state index contributed by atoms with van der Waals surface area (Å²) in [5.74, 6) is 2.28. The highest BCUT2D eigenvalue weighted by molar-refractivity contribution is 5.79. The van der Waals surface area contributed by atoms with Gasteiger partial charge in [0.1, 0.15) is 5.82 Å². The van der Waals surface area contributed by atoms with Crippen molar-refractivity contribution in [3.63, 3.8) is 0 Å². The summed E-state index contributed by atoms with van der Waals surface area (Å²) in [7, 11) is 0. The zero-order valence-electron chi connectivity index (χ0n) is 20.6. The number of pyridine rings is 1. The molecule has 1 aliphatic heterocycles. The number of carbonyl (C=O) groups excluding carboxylic acids is 1. The second-order valence-corrected chi connectivity index (χ2v) is 8.90. The number of amides is 1. The summed E-state index contributed by atoms with van der Waals surface area (Å²) in [6.07, 6.45) is 13.3. The minimum absolute atomic E-state index is 0.217. The van der Waals surface area contributed by atoms with Crippen LogP contribution in [0.3, 0.4) is 0 Å². The molecule has 0 bridgehead atoms. The third kappa shape index (κ3) is 5.90. The van der Waals surface area contributed by atoms with Crippen LogP contribution in [0.25, 0.3) is 17.2 Å². The molecule has 1 aromatic heterocycles. The average molecular weight is 451 g/mol. The van der Waals surface area contributed by atoms with Gasteiger partial charge in [-0.15, -0.1) is 0 Å². The van der Waals surface area contributed by atoms with Crippen molar-refractivity contribution in [3.8, 4) is 11.1 Å². The van der Waals surface area contributed by atoms with Crippen molar-refractivity contribution >= 4 is 12.0 Å². The molecule has 3 aliphatic rings. The molecular formula is C29H39FN2O. The molecule has 5 rings (SSSR count). The van der Waals surface area contributed by atoms with Crippen molar-refractivity contribution in [1.29, 1.82) is 0 Å². The quantitative estimate of drug-likeness (QED) is 0.534. The van der Waals surface area contributed by atoms with E-state index in [1.807, 2.05) is 52.1 Å². The zero-order valence-corrected chi connectivity index (χ0v) is 20.6.